The fourth-order valence-electron chi connectivity index (χ4n) is 2.35. The van der Waals surface area contributed by atoms with Crippen molar-refractivity contribution in [3.05, 3.63) is 72.0 Å². The van der Waals surface area contributed by atoms with E-state index < -0.39 is 0 Å². The summed E-state index contributed by atoms with van der Waals surface area (Å²) in [7, 11) is 0. The zero-order valence-corrected chi connectivity index (χ0v) is 11.5. The van der Waals surface area contributed by atoms with Crippen LogP contribution in [-0.4, -0.2) is 12.5 Å². The summed E-state index contributed by atoms with van der Waals surface area (Å²) in [6.45, 7) is 0.339. The molecular weight excluding hydrogens is 264 g/mol. The van der Waals surface area contributed by atoms with Crippen LogP contribution in [-0.2, 0) is 0 Å². The summed E-state index contributed by atoms with van der Waals surface area (Å²) in [5, 5.41) is 3.76. The number of hydrogen-bond acceptors (Lipinski definition) is 3. The SMILES string of the molecule is NCC(NC(=O)c1coc2ccccc12)c1ccccc1. The maximum atomic E-state index is 12.4. The number of carbonyl (C=O) groups is 1. The van der Waals surface area contributed by atoms with E-state index in [2.05, 4.69) is 5.32 Å². The summed E-state index contributed by atoms with van der Waals surface area (Å²) in [4.78, 5) is 12.4. The molecule has 21 heavy (non-hydrogen) atoms. The van der Waals surface area contributed by atoms with Gasteiger partial charge in [0.25, 0.3) is 5.91 Å². The van der Waals surface area contributed by atoms with Crippen LogP contribution in [0.1, 0.15) is 22.0 Å². The number of para-hydroxylation sites is 1. The van der Waals surface area contributed by atoms with Gasteiger partial charge in [-0.05, 0) is 11.6 Å². The third kappa shape index (κ3) is 2.66. The number of hydrogen-bond donors (Lipinski definition) is 2. The van der Waals surface area contributed by atoms with Gasteiger partial charge in [-0.3, -0.25) is 4.79 Å². The highest BCUT2D eigenvalue weighted by Crippen LogP contribution is 2.21. The Labute approximate surface area is 122 Å². The minimum Gasteiger partial charge on any atom is -0.463 e. The van der Waals surface area contributed by atoms with Crippen LogP contribution in [0.3, 0.4) is 0 Å². The van der Waals surface area contributed by atoms with Crippen LogP contribution in [0.2, 0.25) is 0 Å². The van der Waals surface area contributed by atoms with Crippen LogP contribution in [0.25, 0.3) is 11.0 Å². The Bertz CT molecular complexity index is 750. The third-order valence-electron chi connectivity index (χ3n) is 3.47. The molecule has 0 aliphatic carbocycles. The highest BCUT2D eigenvalue weighted by Gasteiger charge is 2.17. The second-order valence-electron chi connectivity index (χ2n) is 4.82. The Balaban J connectivity index is 1.85. The van der Waals surface area contributed by atoms with Crippen LogP contribution in [0.5, 0.6) is 0 Å². The number of nitrogens with two attached hydrogens (primary N) is 1. The topological polar surface area (TPSA) is 68.3 Å². The van der Waals surface area contributed by atoms with E-state index in [1.807, 2.05) is 54.6 Å². The molecule has 2 aromatic carbocycles. The van der Waals surface area contributed by atoms with E-state index in [1.165, 1.54) is 6.26 Å². The lowest BCUT2D eigenvalue weighted by atomic mass is 10.1. The first-order chi connectivity index (χ1) is 10.3. The Hall–Kier alpha value is -2.59. The van der Waals surface area contributed by atoms with Gasteiger partial charge in [-0.2, -0.15) is 0 Å². The van der Waals surface area contributed by atoms with E-state index >= 15 is 0 Å². The van der Waals surface area contributed by atoms with Gasteiger partial charge in [-0.25, -0.2) is 0 Å². The van der Waals surface area contributed by atoms with E-state index in [9.17, 15) is 4.79 Å². The van der Waals surface area contributed by atoms with Crippen LogP contribution in [0, 0.1) is 0 Å². The molecule has 0 saturated heterocycles. The molecule has 0 spiro atoms. The predicted octanol–water partition coefficient (Wildman–Crippen LogP) is 2.86. The summed E-state index contributed by atoms with van der Waals surface area (Å²) in [6, 6.07) is 16.9. The van der Waals surface area contributed by atoms with E-state index in [0.29, 0.717) is 17.7 Å². The molecule has 1 unspecified atom stereocenters. The van der Waals surface area contributed by atoms with E-state index in [1.54, 1.807) is 0 Å². The highest BCUT2D eigenvalue weighted by atomic mass is 16.3. The average molecular weight is 280 g/mol. The monoisotopic (exact) mass is 280 g/mol. The number of amides is 1. The lowest BCUT2D eigenvalue weighted by Gasteiger charge is -2.16. The van der Waals surface area contributed by atoms with Gasteiger partial charge in [0, 0.05) is 11.9 Å². The first-order valence-corrected chi connectivity index (χ1v) is 6.81. The molecule has 3 rings (SSSR count). The molecule has 0 fully saturated rings. The molecule has 0 radical (unpaired) electrons. The fourth-order valence-corrected chi connectivity index (χ4v) is 2.35. The Morgan fingerprint density at radius 3 is 2.57 bits per heavy atom. The minimum absolute atomic E-state index is 0.181. The number of carbonyl (C=O) groups excluding carboxylic acids is 1. The molecule has 1 atom stereocenters. The smallest absolute Gasteiger partial charge is 0.255 e. The summed E-state index contributed by atoms with van der Waals surface area (Å²) in [5.41, 5.74) is 8.00. The fraction of sp³-hybridized carbons (Fsp3) is 0.118. The molecule has 4 nitrogen and oxygen atoms in total. The van der Waals surface area contributed by atoms with Gasteiger partial charge in [-0.1, -0.05) is 48.5 Å². The maximum Gasteiger partial charge on any atom is 0.255 e. The summed E-state index contributed by atoms with van der Waals surface area (Å²) >= 11 is 0. The molecule has 0 aliphatic heterocycles. The van der Waals surface area contributed by atoms with Crippen molar-refractivity contribution in [2.75, 3.05) is 6.54 Å². The molecule has 1 heterocycles. The standard InChI is InChI=1S/C17H16N2O2/c18-10-15(12-6-2-1-3-7-12)19-17(20)14-11-21-16-9-5-4-8-13(14)16/h1-9,11,15H,10,18H2,(H,19,20). The van der Waals surface area contributed by atoms with Crippen molar-refractivity contribution in [1.82, 2.24) is 5.32 Å². The molecule has 0 saturated carbocycles. The first kappa shape index (κ1) is 13.4. The van der Waals surface area contributed by atoms with Crippen molar-refractivity contribution in [1.29, 1.82) is 0 Å². The van der Waals surface area contributed by atoms with Crippen molar-refractivity contribution in [3.63, 3.8) is 0 Å². The summed E-state index contributed by atoms with van der Waals surface area (Å²) in [6.07, 6.45) is 1.48. The lowest BCUT2D eigenvalue weighted by molar-refractivity contribution is 0.0938. The molecule has 3 N–H and O–H groups in total. The van der Waals surface area contributed by atoms with Gasteiger partial charge < -0.3 is 15.5 Å². The van der Waals surface area contributed by atoms with Gasteiger partial charge in [0.15, 0.2) is 0 Å². The third-order valence-corrected chi connectivity index (χ3v) is 3.47. The van der Waals surface area contributed by atoms with Crippen LogP contribution >= 0.6 is 0 Å². The van der Waals surface area contributed by atoms with Gasteiger partial charge >= 0.3 is 0 Å². The zero-order valence-electron chi connectivity index (χ0n) is 11.5. The highest BCUT2D eigenvalue weighted by molar-refractivity contribution is 6.06. The molecule has 1 aromatic heterocycles. The van der Waals surface area contributed by atoms with E-state index in [4.69, 9.17) is 10.2 Å². The summed E-state index contributed by atoms with van der Waals surface area (Å²) < 4.78 is 5.40. The average Bonchev–Trinajstić information content (AvgIpc) is 2.97. The zero-order chi connectivity index (χ0) is 14.7. The van der Waals surface area contributed by atoms with Crippen LogP contribution < -0.4 is 11.1 Å². The van der Waals surface area contributed by atoms with Gasteiger partial charge in [0.1, 0.15) is 11.8 Å². The molecule has 0 bridgehead atoms. The van der Waals surface area contributed by atoms with Crippen LogP contribution in [0.15, 0.2) is 65.3 Å². The molecule has 106 valence electrons. The quantitative estimate of drug-likeness (QED) is 0.772. The lowest BCUT2D eigenvalue weighted by Crippen LogP contribution is -2.33. The minimum atomic E-state index is -0.215. The largest absolute Gasteiger partial charge is 0.463 e. The van der Waals surface area contributed by atoms with E-state index in [0.717, 1.165) is 10.9 Å². The van der Waals surface area contributed by atoms with Crippen molar-refractivity contribution >= 4 is 16.9 Å². The Morgan fingerprint density at radius 1 is 1.10 bits per heavy atom. The number of furan rings is 1. The van der Waals surface area contributed by atoms with E-state index in [-0.39, 0.29) is 11.9 Å². The first-order valence-electron chi connectivity index (χ1n) is 6.81. The van der Waals surface area contributed by atoms with Crippen molar-refractivity contribution < 1.29 is 9.21 Å². The number of benzene rings is 2. The number of nitrogens with one attached hydrogen (secondary N) is 1. The summed E-state index contributed by atoms with van der Waals surface area (Å²) in [5.74, 6) is -0.181. The second-order valence-corrected chi connectivity index (χ2v) is 4.82. The van der Waals surface area contributed by atoms with Gasteiger partial charge in [-0.15, -0.1) is 0 Å². The predicted molar refractivity (Wildman–Crippen MR) is 81.9 cm³/mol. The van der Waals surface area contributed by atoms with Crippen molar-refractivity contribution in [2.24, 2.45) is 5.73 Å². The van der Waals surface area contributed by atoms with Crippen molar-refractivity contribution in [3.8, 4) is 0 Å². The normalized spacial score (nSPS) is 12.2. The molecule has 4 heteroatoms. The second kappa shape index (κ2) is 5.81. The number of rotatable bonds is 4. The van der Waals surface area contributed by atoms with Crippen LogP contribution in [0.4, 0.5) is 0 Å². The molecular formula is C17H16N2O2. The number of fused-ring (bicyclic) bond motifs is 1. The molecule has 1 amide bonds. The van der Waals surface area contributed by atoms with Crippen molar-refractivity contribution in [2.45, 2.75) is 6.04 Å². The van der Waals surface area contributed by atoms with Gasteiger partial charge in [0.2, 0.25) is 0 Å². The Kier molecular flexibility index (Phi) is 3.71. The molecule has 3 aromatic rings. The molecule has 0 aliphatic rings. The van der Waals surface area contributed by atoms with Gasteiger partial charge in [0.05, 0.1) is 11.6 Å². The maximum absolute atomic E-state index is 12.4. The Morgan fingerprint density at radius 2 is 1.81 bits per heavy atom.